The molecule has 1 aliphatic heterocycles. The minimum atomic E-state index is -0.198. The van der Waals surface area contributed by atoms with Crippen molar-refractivity contribution in [2.24, 2.45) is 5.92 Å². The maximum atomic E-state index is 13.5. The van der Waals surface area contributed by atoms with Gasteiger partial charge in [0, 0.05) is 30.1 Å². The summed E-state index contributed by atoms with van der Waals surface area (Å²) in [5, 5.41) is 3.29. The Morgan fingerprint density at radius 2 is 1.77 bits per heavy atom. The predicted molar refractivity (Wildman–Crippen MR) is 132 cm³/mol. The number of carbonyl (C=O) groups excluding carboxylic acids is 2. The van der Waals surface area contributed by atoms with Gasteiger partial charge in [0.15, 0.2) is 11.0 Å². The number of furan rings is 1. The Kier molecular flexibility index (Phi) is 6.23. The van der Waals surface area contributed by atoms with Gasteiger partial charge in [0.05, 0.1) is 23.8 Å². The van der Waals surface area contributed by atoms with E-state index in [9.17, 15) is 14.4 Å². The average Bonchev–Trinajstić information content (AvgIpc) is 3.43. The van der Waals surface area contributed by atoms with Gasteiger partial charge in [-0.3, -0.25) is 14.4 Å². The SMILES string of the molecule is Cc1c(-c2ccccc2)oc2c(C(=O)N3CCC(C(=O)NCc4ccco4)CC3)cccc2c1=O. The van der Waals surface area contributed by atoms with Crippen molar-refractivity contribution < 1.29 is 18.4 Å². The molecule has 0 unspecified atom stereocenters. The molecule has 0 atom stereocenters. The number of benzene rings is 2. The van der Waals surface area contributed by atoms with Crippen molar-refractivity contribution in [2.75, 3.05) is 13.1 Å². The van der Waals surface area contributed by atoms with E-state index in [1.54, 1.807) is 42.4 Å². The van der Waals surface area contributed by atoms with Crippen molar-refractivity contribution in [3.05, 3.63) is 94.0 Å². The Morgan fingerprint density at radius 1 is 1.00 bits per heavy atom. The zero-order chi connectivity index (χ0) is 24.4. The Morgan fingerprint density at radius 3 is 2.49 bits per heavy atom. The van der Waals surface area contributed by atoms with Gasteiger partial charge >= 0.3 is 0 Å². The highest BCUT2D eigenvalue weighted by atomic mass is 16.3. The van der Waals surface area contributed by atoms with Crippen molar-refractivity contribution in [1.82, 2.24) is 10.2 Å². The molecular formula is C28H26N2O5. The molecule has 7 nitrogen and oxygen atoms in total. The smallest absolute Gasteiger partial charge is 0.257 e. The highest BCUT2D eigenvalue weighted by Crippen LogP contribution is 2.28. The third-order valence-corrected chi connectivity index (χ3v) is 6.58. The van der Waals surface area contributed by atoms with E-state index in [-0.39, 0.29) is 23.2 Å². The van der Waals surface area contributed by atoms with E-state index in [1.807, 2.05) is 36.4 Å². The summed E-state index contributed by atoms with van der Waals surface area (Å²) >= 11 is 0. The maximum absolute atomic E-state index is 13.5. The molecule has 0 spiro atoms. The Bertz CT molecular complexity index is 1420. The summed E-state index contributed by atoms with van der Waals surface area (Å²) in [7, 11) is 0. The standard InChI is InChI=1S/C28H26N2O5/c1-18-24(31)22-10-5-11-23(26(22)35-25(18)19-7-3-2-4-8-19)28(33)30-14-12-20(13-15-30)27(32)29-17-21-9-6-16-34-21/h2-11,16,20H,12-15,17H2,1H3,(H,29,32). The van der Waals surface area contributed by atoms with Crippen molar-refractivity contribution >= 4 is 22.8 Å². The molecule has 0 saturated carbocycles. The first-order valence-electron chi connectivity index (χ1n) is 11.7. The summed E-state index contributed by atoms with van der Waals surface area (Å²) in [5.74, 6) is 0.777. The molecule has 2 amide bonds. The minimum Gasteiger partial charge on any atom is -0.467 e. The lowest BCUT2D eigenvalue weighted by atomic mass is 9.95. The normalized spacial score (nSPS) is 14.3. The first-order chi connectivity index (χ1) is 17.0. The molecule has 1 N–H and O–H groups in total. The largest absolute Gasteiger partial charge is 0.467 e. The van der Waals surface area contributed by atoms with Gasteiger partial charge in [-0.15, -0.1) is 0 Å². The molecule has 1 fully saturated rings. The second-order valence-electron chi connectivity index (χ2n) is 8.80. The molecule has 35 heavy (non-hydrogen) atoms. The Labute approximate surface area is 202 Å². The Balaban J connectivity index is 1.35. The predicted octanol–water partition coefficient (Wildman–Crippen LogP) is 4.53. The number of fused-ring (bicyclic) bond motifs is 1. The molecule has 4 aromatic rings. The monoisotopic (exact) mass is 470 g/mol. The highest BCUT2D eigenvalue weighted by Gasteiger charge is 2.29. The molecule has 1 saturated heterocycles. The number of piperidine rings is 1. The minimum absolute atomic E-state index is 0.0346. The number of carbonyl (C=O) groups is 2. The molecule has 0 radical (unpaired) electrons. The number of rotatable bonds is 5. The summed E-state index contributed by atoms with van der Waals surface area (Å²) in [4.78, 5) is 40.8. The molecule has 3 heterocycles. The van der Waals surface area contributed by atoms with Crippen molar-refractivity contribution in [3.63, 3.8) is 0 Å². The van der Waals surface area contributed by atoms with Gasteiger partial charge in [-0.25, -0.2) is 0 Å². The molecule has 178 valence electrons. The van der Waals surface area contributed by atoms with Gasteiger partial charge in [0.25, 0.3) is 5.91 Å². The van der Waals surface area contributed by atoms with Crippen LogP contribution >= 0.6 is 0 Å². The van der Waals surface area contributed by atoms with Crippen LogP contribution in [-0.4, -0.2) is 29.8 Å². The topological polar surface area (TPSA) is 92.8 Å². The lowest BCUT2D eigenvalue weighted by Gasteiger charge is -2.31. The molecule has 0 aliphatic carbocycles. The molecular weight excluding hydrogens is 444 g/mol. The number of hydrogen-bond donors (Lipinski definition) is 1. The van der Waals surface area contributed by atoms with Crippen LogP contribution in [0.3, 0.4) is 0 Å². The van der Waals surface area contributed by atoms with Crippen LogP contribution in [-0.2, 0) is 11.3 Å². The van der Waals surface area contributed by atoms with Gasteiger partial charge < -0.3 is 19.1 Å². The van der Waals surface area contributed by atoms with Gasteiger partial charge in [-0.05, 0) is 44.0 Å². The van der Waals surface area contributed by atoms with Crippen LogP contribution in [0.2, 0.25) is 0 Å². The van der Waals surface area contributed by atoms with Crippen molar-refractivity contribution in [1.29, 1.82) is 0 Å². The summed E-state index contributed by atoms with van der Waals surface area (Å²) in [6, 6.07) is 18.1. The highest BCUT2D eigenvalue weighted by molar-refractivity contribution is 6.05. The summed E-state index contributed by atoms with van der Waals surface area (Å²) < 4.78 is 11.5. The maximum Gasteiger partial charge on any atom is 0.257 e. The summed E-state index contributed by atoms with van der Waals surface area (Å²) in [6.07, 6.45) is 2.71. The zero-order valence-corrected chi connectivity index (χ0v) is 19.5. The van der Waals surface area contributed by atoms with E-state index in [2.05, 4.69) is 5.32 Å². The van der Waals surface area contributed by atoms with Crippen LogP contribution in [0.25, 0.3) is 22.3 Å². The van der Waals surface area contributed by atoms with Crippen LogP contribution in [0.15, 0.2) is 80.6 Å². The van der Waals surface area contributed by atoms with Gasteiger partial charge in [-0.2, -0.15) is 0 Å². The summed E-state index contributed by atoms with van der Waals surface area (Å²) in [6.45, 7) is 3.00. The van der Waals surface area contributed by atoms with Crippen LogP contribution < -0.4 is 10.7 Å². The van der Waals surface area contributed by atoms with Crippen LogP contribution in [0.5, 0.6) is 0 Å². The number of amides is 2. The fraction of sp³-hybridized carbons (Fsp3) is 0.250. The van der Waals surface area contributed by atoms with Crippen molar-refractivity contribution in [2.45, 2.75) is 26.3 Å². The quantitative estimate of drug-likeness (QED) is 0.463. The zero-order valence-electron chi connectivity index (χ0n) is 19.5. The molecule has 0 bridgehead atoms. The second kappa shape index (κ2) is 9.62. The first kappa shape index (κ1) is 22.7. The van der Waals surface area contributed by atoms with Crippen LogP contribution in [0.1, 0.15) is 34.5 Å². The van der Waals surface area contributed by atoms with E-state index >= 15 is 0 Å². The third-order valence-electron chi connectivity index (χ3n) is 6.58. The number of para-hydroxylation sites is 1. The van der Waals surface area contributed by atoms with Crippen LogP contribution in [0.4, 0.5) is 0 Å². The lowest BCUT2D eigenvalue weighted by Crippen LogP contribution is -2.43. The van der Waals surface area contributed by atoms with Crippen LogP contribution in [0, 0.1) is 12.8 Å². The molecule has 2 aromatic heterocycles. The van der Waals surface area contributed by atoms with E-state index in [1.165, 1.54) is 0 Å². The van der Waals surface area contributed by atoms with E-state index in [0.717, 1.165) is 5.56 Å². The van der Waals surface area contributed by atoms with Gasteiger partial charge in [0.1, 0.15) is 11.5 Å². The van der Waals surface area contributed by atoms with Gasteiger partial charge in [-0.1, -0.05) is 36.4 Å². The molecule has 5 rings (SSSR count). The number of nitrogens with zero attached hydrogens (tertiary/aromatic N) is 1. The Hall–Kier alpha value is -4.13. The van der Waals surface area contributed by atoms with E-state index in [0.29, 0.717) is 66.1 Å². The third kappa shape index (κ3) is 4.49. The van der Waals surface area contributed by atoms with Gasteiger partial charge in [0.2, 0.25) is 5.91 Å². The number of nitrogens with one attached hydrogen (secondary N) is 1. The lowest BCUT2D eigenvalue weighted by molar-refractivity contribution is -0.126. The first-order valence-corrected chi connectivity index (χ1v) is 11.7. The second-order valence-corrected chi connectivity index (χ2v) is 8.80. The van der Waals surface area contributed by atoms with E-state index in [4.69, 9.17) is 8.83 Å². The van der Waals surface area contributed by atoms with E-state index < -0.39 is 0 Å². The summed E-state index contributed by atoms with van der Waals surface area (Å²) in [5.41, 5.74) is 1.80. The average molecular weight is 471 g/mol. The number of likely N-dealkylation sites (tertiary alicyclic amines) is 1. The molecule has 1 aliphatic rings. The number of hydrogen-bond acceptors (Lipinski definition) is 5. The van der Waals surface area contributed by atoms with Crippen molar-refractivity contribution in [3.8, 4) is 11.3 Å². The molecule has 2 aromatic carbocycles. The fourth-order valence-electron chi connectivity index (χ4n) is 4.59. The fourth-order valence-corrected chi connectivity index (χ4v) is 4.59. The molecule has 7 heteroatoms.